The Hall–Kier alpha value is -2.59. The molecule has 3 aromatic rings. The number of halogens is 2. The summed E-state index contributed by atoms with van der Waals surface area (Å²) in [6.45, 7) is 1.02. The van der Waals surface area contributed by atoms with E-state index in [2.05, 4.69) is 20.4 Å². The molecule has 1 N–H and O–H groups in total. The van der Waals surface area contributed by atoms with Crippen LogP contribution in [0.4, 0.5) is 3.89 Å². The van der Waals surface area contributed by atoms with Crippen LogP contribution in [0.15, 0.2) is 40.5 Å². The van der Waals surface area contributed by atoms with E-state index in [0.29, 0.717) is 30.8 Å². The Morgan fingerprint density at radius 3 is 3.04 bits per heavy atom. The zero-order chi connectivity index (χ0) is 19.2. The lowest BCUT2D eigenvalue weighted by Crippen LogP contribution is -2.26. The molecule has 0 spiro atoms. The van der Waals surface area contributed by atoms with E-state index in [4.69, 9.17) is 20.8 Å². The number of rotatable bonds is 8. The number of carbonyl (C=O) groups is 1. The minimum absolute atomic E-state index is 0.0484. The highest BCUT2D eigenvalue weighted by atomic mass is 35.5. The Labute approximate surface area is 163 Å². The Bertz CT molecular complexity index is 919. The van der Waals surface area contributed by atoms with Crippen LogP contribution in [0.5, 0.6) is 5.75 Å². The predicted molar refractivity (Wildman–Crippen MR) is 97.4 cm³/mol. The van der Waals surface area contributed by atoms with Gasteiger partial charge in [0.25, 0.3) is 5.91 Å². The number of nitrogens with one attached hydrogen (secondary N) is 1. The number of nitrogens with zero attached hydrogens (tertiary/aromatic N) is 4. The molecular weight excluding hydrogens is 397 g/mol. The number of aryl methyl sites for hydroxylation is 1. The number of carbonyl (C=O) groups excluding carboxylic acids is 1. The molecule has 0 unspecified atom stereocenters. The van der Waals surface area contributed by atoms with Gasteiger partial charge in [0.2, 0.25) is 0 Å². The van der Waals surface area contributed by atoms with Crippen molar-refractivity contribution in [3.8, 4) is 17.1 Å². The first-order valence-electron chi connectivity index (χ1n) is 7.85. The fourth-order valence-electron chi connectivity index (χ4n) is 2.42. The van der Waals surface area contributed by atoms with E-state index in [1.807, 2.05) is 0 Å². The summed E-state index contributed by atoms with van der Waals surface area (Å²) in [5, 5.41) is 6.83. The Kier molecular flexibility index (Phi) is 6.30. The van der Waals surface area contributed by atoms with Crippen molar-refractivity contribution in [3.63, 3.8) is 0 Å². The average Bonchev–Trinajstić information content (AvgIpc) is 3.36. The number of aromatic nitrogens is 4. The minimum Gasteiger partial charge on any atom is -0.495 e. The van der Waals surface area contributed by atoms with E-state index >= 15 is 0 Å². The molecule has 1 aromatic carbocycles. The second kappa shape index (κ2) is 8.87. The molecule has 0 aliphatic carbocycles. The van der Waals surface area contributed by atoms with Gasteiger partial charge in [-0.1, -0.05) is 11.6 Å². The molecular formula is C16H15ClFN5O3S. The number of hydrogen-bond donors (Lipinski definition) is 1. The third kappa shape index (κ3) is 4.22. The van der Waals surface area contributed by atoms with Gasteiger partial charge in [-0.05, 0) is 18.6 Å². The van der Waals surface area contributed by atoms with Gasteiger partial charge in [0.05, 0.1) is 29.2 Å². The predicted octanol–water partition coefficient (Wildman–Crippen LogP) is 3.39. The summed E-state index contributed by atoms with van der Waals surface area (Å²) in [5.74, 6) is 0.0202. The SMILES string of the molecule is COc1ccc(-c2ocnc2C(=O)NCCCn2cncn2)c(SF)c1Cl. The minimum atomic E-state index is -0.431. The normalized spacial score (nSPS) is 10.8. The molecule has 0 fully saturated rings. The Morgan fingerprint density at radius 2 is 2.33 bits per heavy atom. The molecule has 8 nitrogen and oxygen atoms in total. The second-order valence-corrected chi connectivity index (χ2v) is 6.27. The van der Waals surface area contributed by atoms with Gasteiger partial charge >= 0.3 is 0 Å². The molecule has 0 radical (unpaired) electrons. The van der Waals surface area contributed by atoms with Crippen molar-refractivity contribution in [2.75, 3.05) is 13.7 Å². The van der Waals surface area contributed by atoms with Crippen molar-refractivity contribution in [2.45, 2.75) is 17.9 Å². The van der Waals surface area contributed by atoms with Gasteiger partial charge in [0, 0.05) is 18.7 Å². The molecule has 0 atom stereocenters. The molecule has 0 saturated carbocycles. The highest BCUT2D eigenvalue weighted by Crippen LogP contribution is 2.43. The van der Waals surface area contributed by atoms with Crippen molar-refractivity contribution in [2.24, 2.45) is 0 Å². The summed E-state index contributed by atoms with van der Waals surface area (Å²) >= 11 is 6.10. The zero-order valence-electron chi connectivity index (χ0n) is 14.2. The monoisotopic (exact) mass is 411 g/mol. The lowest BCUT2D eigenvalue weighted by molar-refractivity contribution is 0.0948. The van der Waals surface area contributed by atoms with Gasteiger partial charge < -0.3 is 14.5 Å². The molecule has 27 heavy (non-hydrogen) atoms. The highest BCUT2D eigenvalue weighted by molar-refractivity contribution is 7.94. The average molecular weight is 412 g/mol. The molecule has 0 aliphatic rings. The largest absolute Gasteiger partial charge is 0.495 e. The van der Waals surface area contributed by atoms with Crippen LogP contribution < -0.4 is 10.1 Å². The van der Waals surface area contributed by atoms with Gasteiger partial charge in [0.1, 0.15) is 18.4 Å². The van der Waals surface area contributed by atoms with Crippen molar-refractivity contribution < 1.29 is 17.8 Å². The van der Waals surface area contributed by atoms with Crippen molar-refractivity contribution in [1.29, 1.82) is 0 Å². The summed E-state index contributed by atoms with van der Waals surface area (Å²) in [6.07, 6.45) is 4.83. The quantitative estimate of drug-likeness (QED) is 0.567. The number of oxazole rings is 1. The third-order valence-corrected chi connectivity index (χ3v) is 4.77. The maximum absolute atomic E-state index is 13.5. The number of hydrogen-bond acceptors (Lipinski definition) is 7. The third-order valence-electron chi connectivity index (χ3n) is 3.70. The number of amides is 1. The van der Waals surface area contributed by atoms with E-state index < -0.39 is 5.91 Å². The van der Waals surface area contributed by atoms with Gasteiger partial charge in [-0.15, -0.1) is 0 Å². The van der Waals surface area contributed by atoms with Crippen LogP contribution in [-0.2, 0) is 6.54 Å². The van der Waals surface area contributed by atoms with E-state index in [0.717, 1.165) is 6.39 Å². The lowest BCUT2D eigenvalue weighted by atomic mass is 10.1. The van der Waals surface area contributed by atoms with Crippen molar-refractivity contribution in [1.82, 2.24) is 25.1 Å². The number of methoxy groups -OCH3 is 1. The van der Waals surface area contributed by atoms with Crippen molar-refractivity contribution in [3.05, 3.63) is 41.9 Å². The van der Waals surface area contributed by atoms with Crippen LogP contribution in [0.25, 0.3) is 11.3 Å². The first kappa shape index (κ1) is 19.2. The van der Waals surface area contributed by atoms with Crippen LogP contribution in [0, 0.1) is 0 Å². The summed E-state index contributed by atoms with van der Waals surface area (Å²) in [6, 6.07) is 3.13. The number of benzene rings is 1. The van der Waals surface area contributed by atoms with Crippen molar-refractivity contribution >= 4 is 29.7 Å². The maximum Gasteiger partial charge on any atom is 0.273 e. The molecule has 2 heterocycles. The van der Waals surface area contributed by atoms with Crippen LogP contribution >= 0.6 is 23.7 Å². The Morgan fingerprint density at radius 1 is 1.48 bits per heavy atom. The fraction of sp³-hybridized carbons (Fsp3) is 0.250. The van der Waals surface area contributed by atoms with Crippen LogP contribution in [0.3, 0.4) is 0 Å². The van der Waals surface area contributed by atoms with Crippen LogP contribution in [0.1, 0.15) is 16.9 Å². The molecule has 0 bridgehead atoms. The summed E-state index contributed by atoms with van der Waals surface area (Å²) in [4.78, 5) is 20.3. The van der Waals surface area contributed by atoms with Gasteiger partial charge in [0.15, 0.2) is 17.8 Å². The summed E-state index contributed by atoms with van der Waals surface area (Å²) < 4.78 is 25.6. The van der Waals surface area contributed by atoms with E-state index in [1.54, 1.807) is 23.1 Å². The molecule has 142 valence electrons. The van der Waals surface area contributed by atoms with Gasteiger partial charge in [-0.25, -0.2) is 9.97 Å². The smallest absolute Gasteiger partial charge is 0.273 e. The second-order valence-electron chi connectivity index (χ2n) is 5.33. The van der Waals surface area contributed by atoms with Gasteiger partial charge in [-0.2, -0.15) is 8.98 Å². The number of ether oxygens (including phenoxy) is 1. The zero-order valence-corrected chi connectivity index (χ0v) is 15.8. The van der Waals surface area contributed by atoms with E-state index in [9.17, 15) is 8.68 Å². The molecule has 3 rings (SSSR count). The standard InChI is InChI=1S/C16H15ClFN5O3S/c1-25-11-4-3-10(15(27-18)12(11)17)14-13(21-9-26-14)16(24)20-5-2-6-23-8-19-7-22-23/h3-4,7-9H,2,5-6H2,1H3,(H,20,24). The summed E-state index contributed by atoms with van der Waals surface area (Å²) in [5.41, 5.74) is 0.367. The molecule has 11 heteroatoms. The Balaban J connectivity index is 1.73. The van der Waals surface area contributed by atoms with Crippen LogP contribution in [0.2, 0.25) is 5.02 Å². The molecule has 0 aliphatic heterocycles. The van der Waals surface area contributed by atoms with E-state index in [-0.39, 0.29) is 33.5 Å². The molecule has 1 amide bonds. The highest BCUT2D eigenvalue weighted by Gasteiger charge is 2.23. The molecule has 2 aromatic heterocycles. The topological polar surface area (TPSA) is 95.1 Å². The fourth-order valence-corrected chi connectivity index (χ4v) is 3.17. The molecule has 0 saturated heterocycles. The van der Waals surface area contributed by atoms with Gasteiger partial charge in [-0.3, -0.25) is 9.48 Å². The van der Waals surface area contributed by atoms with Crippen LogP contribution in [-0.4, -0.2) is 39.3 Å². The summed E-state index contributed by atoms with van der Waals surface area (Å²) in [7, 11) is 1.43. The first-order chi connectivity index (χ1) is 13.2. The maximum atomic E-state index is 13.5. The van der Waals surface area contributed by atoms with E-state index in [1.165, 1.54) is 13.4 Å². The lowest BCUT2D eigenvalue weighted by Gasteiger charge is -2.10. The first-order valence-corrected chi connectivity index (χ1v) is 8.94.